The van der Waals surface area contributed by atoms with Crippen molar-refractivity contribution < 1.29 is 27.8 Å². The number of carboxylic acids is 1. The maximum Gasteiger partial charge on any atom is 0.306 e. The van der Waals surface area contributed by atoms with Crippen molar-refractivity contribution in [3.63, 3.8) is 0 Å². The SMILES string of the molecule is CC(Cc1cc2c(cc1S(C)(=O)=O)OCCO2)C(=O)O. The zero-order chi connectivity index (χ0) is 14.9. The molecule has 0 aliphatic carbocycles. The van der Waals surface area contributed by atoms with E-state index in [1.165, 1.54) is 13.0 Å². The number of fused-ring (bicyclic) bond motifs is 1. The summed E-state index contributed by atoms with van der Waals surface area (Å²) in [5.74, 6) is -0.822. The van der Waals surface area contributed by atoms with Crippen LogP contribution in [0.2, 0.25) is 0 Å². The number of hydrogen-bond donors (Lipinski definition) is 1. The van der Waals surface area contributed by atoms with Gasteiger partial charge >= 0.3 is 5.97 Å². The van der Waals surface area contributed by atoms with Gasteiger partial charge in [0.25, 0.3) is 0 Å². The summed E-state index contributed by atoms with van der Waals surface area (Å²) < 4.78 is 34.5. The molecule has 1 N–H and O–H groups in total. The number of carboxylic acid groups (broad SMARTS) is 1. The van der Waals surface area contributed by atoms with Crippen LogP contribution >= 0.6 is 0 Å². The summed E-state index contributed by atoms with van der Waals surface area (Å²) in [6, 6.07) is 2.97. The van der Waals surface area contributed by atoms with Gasteiger partial charge in [-0.05, 0) is 18.1 Å². The molecule has 0 bridgehead atoms. The Hall–Kier alpha value is -1.76. The minimum absolute atomic E-state index is 0.0925. The molecule has 0 saturated carbocycles. The van der Waals surface area contributed by atoms with Gasteiger partial charge in [0.15, 0.2) is 21.3 Å². The van der Waals surface area contributed by atoms with Crippen molar-refractivity contribution >= 4 is 15.8 Å². The van der Waals surface area contributed by atoms with Crippen molar-refractivity contribution in [3.05, 3.63) is 17.7 Å². The zero-order valence-corrected chi connectivity index (χ0v) is 12.1. The minimum atomic E-state index is -3.47. The molecule has 6 nitrogen and oxygen atoms in total. The molecular formula is C13H16O6S. The fraction of sp³-hybridized carbons (Fsp3) is 0.462. The third kappa shape index (κ3) is 3.04. The van der Waals surface area contributed by atoms with E-state index in [-0.39, 0.29) is 11.3 Å². The van der Waals surface area contributed by atoms with Crippen LogP contribution in [-0.4, -0.2) is 39.0 Å². The van der Waals surface area contributed by atoms with E-state index >= 15 is 0 Å². The molecule has 110 valence electrons. The average molecular weight is 300 g/mol. The first-order valence-corrected chi connectivity index (χ1v) is 8.03. The van der Waals surface area contributed by atoms with E-state index < -0.39 is 21.7 Å². The van der Waals surface area contributed by atoms with E-state index in [9.17, 15) is 13.2 Å². The molecule has 1 aliphatic heterocycles. The molecule has 1 unspecified atom stereocenters. The van der Waals surface area contributed by atoms with Crippen LogP contribution in [0.4, 0.5) is 0 Å². The number of sulfone groups is 1. The summed E-state index contributed by atoms with van der Waals surface area (Å²) in [5, 5.41) is 8.97. The first kappa shape index (κ1) is 14.6. The highest BCUT2D eigenvalue weighted by Crippen LogP contribution is 2.36. The van der Waals surface area contributed by atoms with Crippen LogP contribution in [0.25, 0.3) is 0 Å². The topological polar surface area (TPSA) is 89.9 Å². The van der Waals surface area contributed by atoms with E-state index in [4.69, 9.17) is 14.6 Å². The normalized spacial score (nSPS) is 15.7. The van der Waals surface area contributed by atoms with Crippen molar-refractivity contribution in [2.45, 2.75) is 18.2 Å². The summed E-state index contributed by atoms with van der Waals surface area (Å²) in [7, 11) is -3.47. The largest absolute Gasteiger partial charge is 0.486 e. The van der Waals surface area contributed by atoms with Crippen molar-refractivity contribution in [2.24, 2.45) is 5.92 Å². The Morgan fingerprint density at radius 1 is 1.30 bits per heavy atom. The van der Waals surface area contributed by atoms with Gasteiger partial charge in [0.05, 0.1) is 10.8 Å². The highest BCUT2D eigenvalue weighted by Gasteiger charge is 2.23. The fourth-order valence-corrected chi connectivity index (χ4v) is 2.97. The minimum Gasteiger partial charge on any atom is -0.486 e. The predicted octanol–water partition coefficient (Wildman–Crippen LogP) is 1.12. The summed E-state index contributed by atoms with van der Waals surface area (Å²) in [6.07, 6.45) is 1.21. The average Bonchev–Trinajstić information content (AvgIpc) is 2.36. The Kier molecular flexibility index (Phi) is 3.89. The van der Waals surface area contributed by atoms with Gasteiger partial charge in [0.1, 0.15) is 13.2 Å². The number of benzene rings is 1. The van der Waals surface area contributed by atoms with Gasteiger partial charge in [-0.3, -0.25) is 4.79 Å². The van der Waals surface area contributed by atoms with Gasteiger partial charge in [-0.25, -0.2) is 8.42 Å². The van der Waals surface area contributed by atoms with Crippen LogP contribution in [0, 0.1) is 5.92 Å². The van der Waals surface area contributed by atoms with Crippen LogP contribution in [0.1, 0.15) is 12.5 Å². The third-order valence-corrected chi connectivity index (χ3v) is 4.25. The van der Waals surface area contributed by atoms with Crippen LogP contribution < -0.4 is 9.47 Å². The van der Waals surface area contributed by atoms with Crippen LogP contribution in [0.5, 0.6) is 11.5 Å². The Labute approximate surface area is 117 Å². The van der Waals surface area contributed by atoms with Gasteiger partial charge in [-0.1, -0.05) is 6.92 Å². The summed E-state index contributed by atoms with van der Waals surface area (Å²) in [4.78, 5) is 11.0. The van der Waals surface area contributed by atoms with Crippen LogP contribution in [-0.2, 0) is 21.1 Å². The van der Waals surface area contributed by atoms with Gasteiger partial charge in [0.2, 0.25) is 0 Å². The first-order chi connectivity index (χ1) is 9.29. The molecular weight excluding hydrogens is 284 g/mol. The summed E-state index contributed by atoms with van der Waals surface area (Å²) in [5.41, 5.74) is 0.437. The fourth-order valence-electron chi connectivity index (χ4n) is 2.03. The number of rotatable bonds is 4. The van der Waals surface area contributed by atoms with Crippen molar-refractivity contribution in [1.29, 1.82) is 0 Å². The molecule has 1 atom stereocenters. The lowest BCUT2D eigenvalue weighted by molar-refractivity contribution is -0.141. The monoisotopic (exact) mass is 300 g/mol. The number of hydrogen-bond acceptors (Lipinski definition) is 5. The molecule has 7 heteroatoms. The standard InChI is InChI=1S/C13H16O6S/c1-8(13(14)15)5-9-6-10-11(19-4-3-18-10)7-12(9)20(2,16)17/h6-8H,3-5H2,1-2H3,(H,14,15). The van der Waals surface area contributed by atoms with E-state index in [1.807, 2.05) is 0 Å². The molecule has 0 radical (unpaired) electrons. The quantitative estimate of drug-likeness (QED) is 0.896. The predicted molar refractivity (Wildman–Crippen MR) is 71.0 cm³/mol. The van der Waals surface area contributed by atoms with Crippen molar-refractivity contribution in [3.8, 4) is 11.5 Å². The lowest BCUT2D eigenvalue weighted by Crippen LogP contribution is -2.18. The van der Waals surface area contributed by atoms with Gasteiger partial charge in [-0.2, -0.15) is 0 Å². The molecule has 1 heterocycles. The molecule has 1 aromatic carbocycles. The lowest BCUT2D eigenvalue weighted by Gasteiger charge is -2.21. The molecule has 0 amide bonds. The Morgan fingerprint density at radius 2 is 1.85 bits per heavy atom. The maximum absolute atomic E-state index is 11.8. The highest BCUT2D eigenvalue weighted by atomic mass is 32.2. The molecule has 1 aliphatic rings. The zero-order valence-electron chi connectivity index (χ0n) is 11.3. The van der Waals surface area contributed by atoms with Gasteiger partial charge in [-0.15, -0.1) is 0 Å². The maximum atomic E-state index is 11.8. The summed E-state index contributed by atoms with van der Waals surface area (Å²) >= 11 is 0. The molecule has 1 aromatic rings. The number of ether oxygens (including phenoxy) is 2. The molecule has 0 fully saturated rings. The second kappa shape index (κ2) is 5.32. The molecule has 0 spiro atoms. The number of aliphatic carboxylic acids is 1. The van der Waals surface area contributed by atoms with Crippen molar-refractivity contribution in [2.75, 3.05) is 19.5 Å². The van der Waals surface area contributed by atoms with Crippen LogP contribution in [0.15, 0.2) is 17.0 Å². The van der Waals surface area contributed by atoms with E-state index in [2.05, 4.69) is 0 Å². The summed E-state index contributed by atoms with van der Waals surface area (Å²) in [6.45, 7) is 2.28. The van der Waals surface area contributed by atoms with Gasteiger partial charge < -0.3 is 14.6 Å². The Bertz CT molecular complexity index is 635. The van der Waals surface area contributed by atoms with E-state index in [1.54, 1.807) is 6.07 Å². The van der Waals surface area contributed by atoms with E-state index in [0.717, 1.165) is 6.26 Å². The first-order valence-electron chi connectivity index (χ1n) is 6.14. The second-order valence-corrected chi connectivity index (χ2v) is 6.80. The molecule has 0 aromatic heterocycles. The van der Waals surface area contributed by atoms with Gasteiger partial charge in [0, 0.05) is 12.3 Å². The highest BCUT2D eigenvalue weighted by molar-refractivity contribution is 7.90. The number of carbonyl (C=O) groups is 1. The van der Waals surface area contributed by atoms with Crippen LogP contribution in [0.3, 0.4) is 0 Å². The third-order valence-electron chi connectivity index (χ3n) is 3.07. The molecule has 2 rings (SSSR count). The molecule has 20 heavy (non-hydrogen) atoms. The smallest absolute Gasteiger partial charge is 0.306 e. The molecule has 0 saturated heterocycles. The Morgan fingerprint density at radius 3 is 2.35 bits per heavy atom. The Balaban J connectivity index is 2.50. The second-order valence-electron chi connectivity index (χ2n) is 4.82. The lowest BCUT2D eigenvalue weighted by atomic mass is 10.0. The van der Waals surface area contributed by atoms with Crippen molar-refractivity contribution in [1.82, 2.24) is 0 Å². The van der Waals surface area contributed by atoms with E-state index in [0.29, 0.717) is 30.3 Å².